The van der Waals surface area contributed by atoms with Crippen LogP contribution in [0.2, 0.25) is 0 Å². The molecule has 0 amide bonds. The monoisotopic (exact) mass is 243 g/mol. The number of fused-ring (bicyclic) bond motifs is 1. The molecule has 0 unspecified atom stereocenters. The summed E-state index contributed by atoms with van der Waals surface area (Å²) in [6.45, 7) is 6.24. The van der Waals surface area contributed by atoms with Crippen LogP contribution >= 0.6 is 0 Å². The van der Waals surface area contributed by atoms with Crippen molar-refractivity contribution in [3.63, 3.8) is 0 Å². The summed E-state index contributed by atoms with van der Waals surface area (Å²) >= 11 is 0. The number of rotatable bonds is 4. The van der Waals surface area contributed by atoms with E-state index in [0.29, 0.717) is 17.8 Å². The SMILES string of the molecule is C=C(OCC)c1cccc2c([N+](=O)[O-])cccc12. The Morgan fingerprint density at radius 2 is 1.94 bits per heavy atom. The van der Waals surface area contributed by atoms with Crippen LogP contribution in [0.4, 0.5) is 5.69 Å². The van der Waals surface area contributed by atoms with Crippen molar-refractivity contribution in [2.75, 3.05) is 6.61 Å². The third-order valence-corrected chi connectivity index (χ3v) is 2.71. The number of nitro groups is 1. The molecule has 0 atom stereocenters. The summed E-state index contributed by atoms with van der Waals surface area (Å²) in [6, 6.07) is 10.4. The Balaban J connectivity index is 2.67. The molecule has 0 fully saturated rings. The van der Waals surface area contributed by atoms with E-state index >= 15 is 0 Å². The highest BCUT2D eigenvalue weighted by Crippen LogP contribution is 2.30. The Labute approximate surface area is 105 Å². The first-order valence-corrected chi connectivity index (χ1v) is 5.63. The van der Waals surface area contributed by atoms with Crippen molar-refractivity contribution in [3.8, 4) is 0 Å². The molecule has 92 valence electrons. The van der Waals surface area contributed by atoms with Crippen LogP contribution in [0.15, 0.2) is 43.0 Å². The zero-order valence-electron chi connectivity index (χ0n) is 10.1. The maximum Gasteiger partial charge on any atom is 0.277 e. The number of benzene rings is 2. The first-order valence-electron chi connectivity index (χ1n) is 5.63. The van der Waals surface area contributed by atoms with Crippen LogP contribution in [-0.4, -0.2) is 11.5 Å². The molecule has 0 saturated heterocycles. The van der Waals surface area contributed by atoms with E-state index in [-0.39, 0.29) is 10.6 Å². The van der Waals surface area contributed by atoms with Gasteiger partial charge >= 0.3 is 0 Å². The number of hydrogen-bond donors (Lipinski definition) is 0. The zero-order chi connectivity index (χ0) is 13.1. The Kier molecular flexibility index (Phi) is 3.28. The molecule has 2 aromatic rings. The maximum absolute atomic E-state index is 11.0. The van der Waals surface area contributed by atoms with Gasteiger partial charge < -0.3 is 4.74 Å². The first kappa shape index (κ1) is 12.1. The summed E-state index contributed by atoms with van der Waals surface area (Å²) in [6.07, 6.45) is 0. The fourth-order valence-corrected chi connectivity index (χ4v) is 1.95. The minimum Gasteiger partial charge on any atom is -0.494 e. The van der Waals surface area contributed by atoms with Crippen LogP contribution in [-0.2, 0) is 4.74 Å². The molecule has 0 N–H and O–H groups in total. The summed E-state index contributed by atoms with van der Waals surface area (Å²) in [5.74, 6) is 0.531. The summed E-state index contributed by atoms with van der Waals surface area (Å²) < 4.78 is 5.37. The third-order valence-electron chi connectivity index (χ3n) is 2.71. The normalized spacial score (nSPS) is 10.3. The van der Waals surface area contributed by atoms with Gasteiger partial charge in [0.25, 0.3) is 5.69 Å². The van der Waals surface area contributed by atoms with Gasteiger partial charge in [0, 0.05) is 11.6 Å². The lowest BCUT2D eigenvalue weighted by molar-refractivity contribution is -0.383. The van der Waals surface area contributed by atoms with Crippen molar-refractivity contribution in [1.82, 2.24) is 0 Å². The summed E-state index contributed by atoms with van der Waals surface area (Å²) in [5, 5.41) is 12.4. The predicted molar refractivity (Wildman–Crippen MR) is 71.3 cm³/mol. The van der Waals surface area contributed by atoms with Gasteiger partial charge in [-0.3, -0.25) is 10.1 Å². The van der Waals surface area contributed by atoms with Gasteiger partial charge in [-0.1, -0.05) is 30.8 Å². The summed E-state index contributed by atoms with van der Waals surface area (Å²) in [7, 11) is 0. The lowest BCUT2D eigenvalue weighted by Crippen LogP contribution is -1.94. The molecule has 0 aliphatic heterocycles. The molecule has 0 spiro atoms. The van der Waals surface area contributed by atoms with Crippen LogP contribution in [0.25, 0.3) is 16.5 Å². The van der Waals surface area contributed by atoms with Crippen LogP contribution < -0.4 is 0 Å². The second-order valence-electron chi connectivity index (χ2n) is 3.79. The van der Waals surface area contributed by atoms with Crippen LogP contribution in [0.3, 0.4) is 0 Å². The highest BCUT2D eigenvalue weighted by atomic mass is 16.6. The largest absolute Gasteiger partial charge is 0.494 e. The topological polar surface area (TPSA) is 52.4 Å². The Morgan fingerprint density at radius 1 is 1.28 bits per heavy atom. The molecular weight excluding hydrogens is 230 g/mol. The van der Waals surface area contributed by atoms with Crippen molar-refractivity contribution in [2.45, 2.75) is 6.92 Å². The van der Waals surface area contributed by atoms with Gasteiger partial charge in [0.2, 0.25) is 0 Å². The minimum absolute atomic E-state index is 0.0960. The molecule has 0 bridgehead atoms. The van der Waals surface area contributed by atoms with E-state index in [1.165, 1.54) is 6.07 Å². The van der Waals surface area contributed by atoms with Crippen molar-refractivity contribution >= 4 is 22.2 Å². The third kappa shape index (κ3) is 2.05. The second kappa shape index (κ2) is 4.87. The lowest BCUT2D eigenvalue weighted by atomic mass is 10.0. The number of nitro benzene ring substituents is 1. The van der Waals surface area contributed by atoms with E-state index in [9.17, 15) is 10.1 Å². The minimum atomic E-state index is -0.379. The average molecular weight is 243 g/mol. The van der Waals surface area contributed by atoms with Gasteiger partial charge in [-0.25, -0.2) is 0 Å². The van der Waals surface area contributed by atoms with E-state index in [2.05, 4.69) is 6.58 Å². The van der Waals surface area contributed by atoms with Crippen molar-refractivity contribution in [1.29, 1.82) is 0 Å². The highest BCUT2D eigenvalue weighted by Gasteiger charge is 2.14. The second-order valence-corrected chi connectivity index (χ2v) is 3.79. The Morgan fingerprint density at radius 3 is 2.61 bits per heavy atom. The van der Waals surface area contributed by atoms with Gasteiger partial charge in [-0.2, -0.15) is 0 Å². The van der Waals surface area contributed by atoms with Gasteiger partial charge in [0.15, 0.2) is 0 Å². The van der Waals surface area contributed by atoms with E-state index in [1.807, 2.05) is 19.1 Å². The number of nitrogens with zero attached hydrogens (tertiary/aromatic N) is 1. The van der Waals surface area contributed by atoms with Gasteiger partial charge in [-0.05, 0) is 18.4 Å². The fraction of sp³-hybridized carbons (Fsp3) is 0.143. The molecule has 4 nitrogen and oxygen atoms in total. The molecule has 0 radical (unpaired) electrons. The quantitative estimate of drug-likeness (QED) is 0.466. The first-order chi connectivity index (χ1) is 8.65. The van der Waals surface area contributed by atoms with Crippen LogP contribution in [0.1, 0.15) is 12.5 Å². The lowest BCUT2D eigenvalue weighted by Gasteiger charge is -2.10. The summed E-state index contributed by atoms with van der Waals surface area (Å²) in [4.78, 5) is 10.6. The van der Waals surface area contributed by atoms with Crippen molar-refractivity contribution in [3.05, 3.63) is 58.7 Å². The number of hydrogen-bond acceptors (Lipinski definition) is 3. The molecule has 4 heteroatoms. The summed E-state index contributed by atoms with van der Waals surface area (Å²) in [5.41, 5.74) is 0.886. The molecule has 0 saturated carbocycles. The number of ether oxygens (including phenoxy) is 1. The fourth-order valence-electron chi connectivity index (χ4n) is 1.95. The number of non-ortho nitro benzene ring substituents is 1. The van der Waals surface area contributed by atoms with Gasteiger partial charge in [-0.15, -0.1) is 0 Å². The van der Waals surface area contributed by atoms with Gasteiger partial charge in [0.05, 0.1) is 16.9 Å². The average Bonchev–Trinajstić information content (AvgIpc) is 2.37. The zero-order valence-corrected chi connectivity index (χ0v) is 10.1. The predicted octanol–water partition coefficient (Wildman–Crippen LogP) is 3.76. The van der Waals surface area contributed by atoms with E-state index in [1.54, 1.807) is 18.2 Å². The van der Waals surface area contributed by atoms with E-state index in [0.717, 1.165) is 10.9 Å². The molecule has 0 heterocycles. The van der Waals surface area contributed by atoms with E-state index < -0.39 is 0 Å². The van der Waals surface area contributed by atoms with Crippen LogP contribution in [0, 0.1) is 10.1 Å². The maximum atomic E-state index is 11.0. The Bertz CT molecular complexity index is 619. The van der Waals surface area contributed by atoms with Crippen LogP contribution in [0.5, 0.6) is 0 Å². The molecule has 18 heavy (non-hydrogen) atoms. The molecule has 0 aromatic heterocycles. The van der Waals surface area contributed by atoms with Crippen molar-refractivity contribution in [2.24, 2.45) is 0 Å². The van der Waals surface area contributed by atoms with E-state index in [4.69, 9.17) is 4.74 Å². The van der Waals surface area contributed by atoms with Crippen molar-refractivity contribution < 1.29 is 9.66 Å². The molecule has 2 rings (SSSR count). The molecule has 0 aliphatic rings. The Hall–Kier alpha value is -2.36. The van der Waals surface area contributed by atoms with Gasteiger partial charge in [0.1, 0.15) is 5.76 Å². The standard InChI is InChI=1S/C14H13NO3/c1-3-18-10(2)11-6-4-8-13-12(11)7-5-9-14(13)15(16)17/h4-9H,2-3H2,1H3. The highest BCUT2D eigenvalue weighted by molar-refractivity contribution is 5.97. The molecule has 0 aliphatic carbocycles. The molecule has 2 aromatic carbocycles. The smallest absolute Gasteiger partial charge is 0.277 e. The molecular formula is C14H13NO3.